The minimum atomic E-state index is -4.27. The second-order valence-electron chi connectivity index (χ2n) is 11.9. The van der Waals surface area contributed by atoms with Gasteiger partial charge in [-0.05, 0) is 53.4 Å². The van der Waals surface area contributed by atoms with Crippen LogP contribution in [-0.4, -0.2) is 18.4 Å². The summed E-state index contributed by atoms with van der Waals surface area (Å²) in [6, 6.07) is 38.7. The fourth-order valence-corrected chi connectivity index (χ4v) is 7.52. The summed E-state index contributed by atoms with van der Waals surface area (Å²) in [5.74, 6) is 1.53. The molecule has 12 heteroatoms. The summed E-state index contributed by atoms with van der Waals surface area (Å²) < 4.78 is 68.9. The summed E-state index contributed by atoms with van der Waals surface area (Å²) in [4.78, 5) is 4.91. The lowest BCUT2D eigenvalue weighted by atomic mass is 10.1. The van der Waals surface area contributed by atoms with Crippen LogP contribution in [0.25, 0.3) is 22.2 Å². The summed E-state index contributed by atoms with van der Waals surface area (Å²) in [7, 11) is -7.77. The Balaban J connectivity index is 1.23. The van der Waals surface area contributed by atoms with Gasteiger partial charge in [-0.25, -0.2) is 14.1 Å². The quantitative estimate of drug-likeness (QED) is 0.101. The highest BCUT2D eigenvalue weighted by atomic mass is 31.2. The molecule has 0 radical (unpaired) electrons. The van der Waals surface area contributed by atoms with Gasteiger partial charge in [0.1, 0.15) is 11.5 Å². The molecule has 1 unspecified atom stereocenters. The average Bonchev–Trinajstić information content (AvgIpc) is 3.60. The van der Waals surface area contributed by atoms with Crippen LogP contribution >= 0.6 is 15.4 Å². The van der Waals surface area contributed by atoms with Gasteiger partial charge in [0.15, 0.2) is 11.5 Å². The van der Waals surface area contributed by atoms with E-state index in [0.29, 0.717) is 39.4 Å². The predicted octanol–water partition coefficient (Wildman–Crippen LogP) is 10.3. The highest BCUT2D eigenvalue weighted by Crippen LogP contribution is 2.53. The molecule has 0 N–H and O–H groups in total. The van der Waals surface area contributed by atoms with Gasteiger partial charge in [0.05, 0.1) is 31.0 Å². The molecule has 2 heterocycles. The molecule has 0 aliphatic carbocycles. The van der Waals surface area contributed by atoms with Crippen molar-refractivity contribution in [2.75, 3.05) is 13.5 Å². The van der Waals surface area contributed by atoms with Gasteiger partial charge >= 0.3 is 15.4 Å². The third kappa shape index (κ3) is 8.86. The van der Waals surface area contributed by atoms with E-state index in [4.69, 9.17) is 37.1 Å². The van der Waals surface area contributed by atoms with Crippen LogP contribution in [0.3, 0.4) is 0 Å². The molecule has 0 amide bonds. The van der Waals surface area contributed by atoms with Crippen LogP contribution in [0.1, 0.15) is 22.3 Å². The number of benzene rings is 5. The van der Waals surface area contributed by atoms with Crippen molar-refractivity contribution in [2.24, 2.45) is 0 Å². The number of rotatable bonds is 14. The Morgan fingerprint density at radius 1 is 0.647 bits per heavy atom. The number of phosphoric ester groups is 1. The van der Waals surface area contributed by atoms with Crippen molar-refractivity contribution < 1.29 is 41.2 Å². The molecule has 1 atom stereocenters. The van der Waals surface area contributed by atoms with E-state index in [1.54, 1.807) is 30.3 Å². The first-order valence-corrected chi connectivity index (χ1v) is 19.6. The molecule has 6 aromatic rings. The van der Waals surface area contributed by atoms with E-state index in [-0.39, 0.29) is 32.4 Å². The third-order valence-corrected chi connectivity index (χ3v) is 10.3. The molecule has 10 nitrogen and oxygen atoms in total. The van der Waals surface area contributed by atoms with Crippen molar-refractivity contribution in [2.45, 2.75) is 26.7 Å². The smallest absolute Gasteiger partial charge is 0.454 e. The van der Waals surface area contributed by atoms with Crippen molar-refractivity contribution in [3.8, 4) is 34.3 Å². The van der Waals surface area contributed by atoms with Gasteiger partial charge in [0, 0.05) is 29.7 Å². The average molecular weight is 724 g/mol. The number of ether oxygens (including phenoxy) is 2. The molecule has 1 aromatic heterocycles. The highest BCUT2D eigenvalue weighted by molar-refractivity contribution is 7.53. The van der Waals surface area contributed by atoms with Crippen LogP contribution in [0.4, 0.5) is 0 Å². The molecular weight excluding hydrogens is 688 g/mol. The van der Waals surface area contributed by atoms with Crippen LogP contribution in [0, 0.1) is 6.92 Å². The summed E-state index contributed by atoms with van der Waals surface area (Å²) in [5, 5.41) is 0.506. The van der Waals surface area contributed by atoms with Gasteiger partial charge in [0.25, 0.3) is 0 Å². The molecule has 0 saturated heterocycles. The molecule has 1 aliphatic rings. The molecule has 260 valence electrons. The number of aromatic nitrogens is 1. The number of phosphoric acid groups is 1. The van der Waals surface area contributed by atoms with E-state index in [1.807, 2.05) is 104 Å². The molecule has 1 aliphatic heterocycles. The molecule has 0 bridgehead atoms. The van der Waals surface area contributed by atoms with E-state index in [9.17, 15) is 9.13 Å². The molecule has 5 aromatic carbocycles. The zero-order valence-corrected chi connectivity index (χ0v) is 29.8. The Morgan fingerprint density at radius 3 is 1.78 bits per heavy atom. The standard InChI is InChI=1S/C39H35NO9P2/c1-28-18-32(20-33(19-28)48-50(2,41)45-24-29-12-6-3-7-13-29)35-22-37(34-21-38-39(44-27-43-38)23-36(34)40-35)49-51(42,46-25-30-14-8-4-9-15-30)47-26-31-16-10-5-11-17-31/h3-23H,24-27H2,1-2H3. The van der Waals surface area contributed by atoms with E-state index in [0.717, 1.165) is 22.3 Å². The number of fused-ring (bicyclic) bond motifs is 2. The third-order valence-electron chi connectivity index (χ3n) is 7.87. The lowest BCUT2D eigenvalue weighted by molar-refractivity contribution is 0.143. The maximum atomic E-state index is 14.5. The van der Waals surface area contributed by atoms with Crippen LogP contribution in [0.5, 0.6) is 23.0 Å². The monoisotopic (exact) mass is 723 g/mol. The SMILES string of the molecule is Cc1cc(OP(C)(=O)OCc2ccccc2)cc(-c2cc(OP(=O)(OCc3ccccc3)OCc3ccccc3)c3cc4c(cc3n2)OCO4)c1. The molecule has 0 fully saturated rings. The lowest BCUT2D eigenvalue weighted by Gasteiger charge is -2.21. The Morgan fingerprint density at radius 2 is 1.20 bits per heavy atom. The number of pyridine rings is 1. The van der Waals surface area contributed by atoms with Crippen molar-refractivity contribution in [3.05, 3.63) is 150 Å². The van der Waals surface area contributed by atoms with Crippen LogP contribution in [-0.2, 0) is 42.5 Å². The second kappa shape index (κ2) is 15.1. The Hall–Kier alpha value is -4.95. The van der Waals surface area contributed by atoms with E-state index in [1.165, 1.54) is 6.66 Å². The minimum Gasteiger partial charge on any atom is -0.454 e. The number of hydrogen-bond donors (Lipinski definition) is 0. The summed E-state index contributed by atoms with van der Waals surface area (Å²) >= 11 is 0. The predicted molar refractivity (Wildman–Crippen MR) is 194 cm³/mol. The first kappa shape index (κ1) is 34.5. The van der Waals surface area contributed by atoms with Crippen molar-refractivity contribution >= 4 is 26.3 Å². The van der Waals surface area contributed by atoms with Crippen LogP contribution in [0.2, 0.25) is 0 Å². The van der Waals surface area contributed by atoms with Crippen molar-refractivity contribution in [1.29, 1.82) is 0 Å². The maximum absolute atomic E-state index is 14.5. The van der Waals surface area contributed by atoms with Gasteiger partial charge in [0.2, 0.25) is 6.79 Å². The van der Waals surface area contributed by atoms with Gasteiger partial charge < -0.3 is 18.5 Å². The highest BCUT2D eigenvalue weighted by Gasteiger charge is 2.31. The topological polar surface area (TPSA) is 112 Å². The first-order chi connectivity index (χ1) is 24.7. The molecule has 7 rings (SSSR count). The van der Waals surface area contributed by atoms with Gasteiger partial charge in [-0.2, -0.15) is 0 Å². The zero-order chi connectivity index (χ0) is 35.3. The van der Waals surface area contributed by atoms with Crippen LogP contribution in [0.15, 0.2) is 127 Å². The lowest BCUT2D eigenvalue weighted by Crippen LogP contribution is -2.04. The maximum Gasteiger partial charge on any atom is 0.530 e. The number of hydrogen-bond acceptors (Lipinski definition) is 10. The van der Waals surface area contributed by atoms with Gasteiger partial charge in [-0.3, -0.25) is 13.6 Å². The number of aryl methyl sites for hydroxylation is 1. The van der Waals surface area contributed by atoms with Crippen molar-refractivity contribution in [1.82, 2.24) is 4.98 Å². The summed E-state index contributed by atoms with van der Waals surface area (Å²) in [5.41, 5.74) is 4.86. The fourth-order valence-electron chi connectivity index (χ4n) is 5.41. The first-order valence-electron chi connectivity index (χ1n) is 16.2. The van der Waals surface area contributed by atoms with Gasteiger partial charge in [-0.1, -0.05) is 91.0 Å². The largest absolute Gasteiger partial charge is 0.530 e. The van der Waals surface area contributed by atoms with Crippen molar-refractivity contribution in [3.63, 3.8) is 0 Å². The molecule has 51 heavy (non-hydrogen) atoms. The van der Waals surface area contributed by atoms with Gasteiger partial charge in [-0.15, -0.1) is 0 Å². The second-order valence-corrected chi connectivity index (χ2v) is 15.5. The van der Waals surface area contributed by atoms with Crippen LogP contribution < -0.4 is 18.5 Å². The fraction of sp³-hybridized carbons (Fsp3) is 0.154. The Kier molecular flexibility index (Phi) is 10.2. The van der Waals surface area contributed by atoms with E-state index >= 15 is 0 Å². The zero-order valence-electron chi connectivity index (χ0n) is 28.0. The minimum absolute atomic E-state index is 0.0167. The Bertz CT molecular complexity index is 2190. The molecular formula is C39H35NO9P2. The summed E-state index contributed by atoms with van der Waals surface area (Å²) in [6.45, 7) is 3.48. The number of nitrogens with zero attached hydrogens (tertiary/aromatic N) is 1. The Labute approximate surface area is 296 Å². The van der Waals surface area contributed by atoms with E-state index in [2.05, 4.69) is 0 Å². The molecule has 0 saturated carbocycles. The summed E-state index contributed by atoms with van der Waals surface area (Å²) in [6.07, 6.45) is 0. The normalized spacial score (nSPS) is 13.5. The van der Waals surface area contributed by atoms with E-state index < -0.39 is 15.4 Å². The molecule has 0 spiro atoms.